The van der Waals surface area contributed by atoms with E-state index in [-0.39, 0.29) is 25.7 Å². The number of phosphoric acid groups is 2. The van der Waals surface area contributed by atoms with E-state index in [2.05, 4.69) is 101 Å². The molecule has 0 aliphatic rings. The quantitative estimate of drug-likeness (QED) is 0.0128. The lowest BCUT2D eigenvalue weighted by Crippen LogP contribution is -2.30. The number of carbonyl (C=O) groups excluding carboxylic acids is 4. The minimum Gasteiger partial charge on any atom is -0.462 e. The van der Waals surface area contributed by atoms with Gasteiger partial charge in [0.25, 0.3) is 0 Å². The van der Waals surface area contributed by atoms with Gasteiger partial charge in [-0.15, -0.1) is 0 Å². The van der Waals surface area contributed by atoms with E-state index in [1.165, 1.54) is 116 Å². The predicted octanol–water partition coefficient (Wildman–Crippen LogP) is 22.4. The van der Waals surface area contributed by atoms with Crippen molar-refractivity contribution in [1.82, 2.24) is 0 Å². The Hall–Kier alpha value is -3.50. The molecule has 0 spiro atoms. The van der Waals surface area contributed by atoms with Crippen molar-refractivity contribution in [2.24, 2.45) is 0 Å². The van der Waals surface area contributed by atoms with Gasteiger partial charge in [-0.05, 0) is 128 Å². The number of unbranched alkanes of at least 4 members (excludes halogenated alkanes) is 38. The maximum atomic E-state index is 13.1. The van der Waals surface area contributed by atoms with Crippen LogP contribution in [0.3, 0.4) is 0 Å². The Morgan fingerprint density at radius 3 is 0.776 bits per heavy atom. The molecule has 3 N–H and O–H groups in total. The van der Waals surface area contributed by atoms with Gasteiger partial charge < -0.3 is 33.8 Å². The van der Waals surface area contributed by atoms with E-state index in [1.807, 2.05) is 0 Å². The average Bonchev–Trinajstić information content (AvgIpc) is 1.04. The van der Waals surface area contributed by atoms with Gasteiger partial charge in [-0.1, -0.05) is 268 Å². The molecule has 17 nitrogen and oxygen atoms in total. The third kappa shape index (κ3) is 70.9. The minimum absolute atomic E-state index is 0.0780. The number of aliphatic hydroxyl groups is 1. The molecule has 0 bridgehead atoms. The summed E-state index contributed by atoms with van der Waals surface area (Å²) in [6, 6.07) is 0. The Kier molecular flexibility index (Phi) is 69.3. The van der Waals surface area contributed by atoms with Gasteiger partial charge in [-0.25, -0.2) is 9.13 Å². The molecule has 0 aromatic rings. The van der Waals surface area contributed by atoms with Gasteiger partial charge in [0.15, 0.2) is 12.2 Å². The van der Waals surface area contributed by atoms with Gasteiger partial charge in [0, 0.05) is 25.7 Å². The predicted molar refractivity (Wildman–Crippen MR) is 400 cm³/mol. The molecule has 19 heteroatoms. The molecule has 0 radical (unpaired) electrons. The van der Waals surface area contributed by atoms with Crippen LogP contribution in [0.5, 0.6) is 0 Å². The van der Waals surface area contributed by atoms with Crippen LogP contribution in [0.25, 0.3) is 0 Å². The summed E-state index contributed by atoms with van der Waals surface area (Å²) < 4.78 is 68.5. The molecule has 0 rings (SSSR count). The van der Waals surface area contributed by atoms with E-state index in [1.54, 1.807) is 0 Å². The van der Waals surface area contributed by atoms with Gasteiger partial charge in [-0.2, -0.15) is 0 Å². The lowest BCUT2D eigenvalue weighted by Gasteiger charge is -2.21. The van der Waals surface area contributed by atoms with Crippen molar-refractivity contribution in [3.8, 4) is 0 Å². The molecule has 0 aliphatic heterocycles. The number of esters is 4. The molecule has 98 heavy (non-hydrogen) atoms. The van der Waals surface area contributed by atoms with Gasteiger partial charge in [0.1, 0.15) is 19.3 Å². The van der Waals surface area contributed by atoms with E-state index >= 15 is 0 Å². The summed E-state index contributed by atoms with van der Waals surface area (Å²) in [6.45, 7) is 4.80. The standard InChI is InChI=1S/C79H142O17P2/c1-5-9-13-17-21-25-29-33-36-40-44-48-52-56-60-64-77(82)90-70-75(96-79(84)66-62-58-54-50-46-42-38-35-31-27-23-19-15-11-7-3)72-94-98(87,88)92-68-73(80)67-91-97(85,86)93-71-74(69-89-76(81)63-59-55-51-47-43-39-32-28-24-20-16-12-8-4)95-78(83)65-61-57-53-49-45-41-37-34-30-26-22-18-14-10-6-2/h25-26,28-30,32-38,73-75,80H,5-24,27,31,39-72H2,1-4H3,(H,85,86)(H,87,88)/b29-25-,30-26-,32-28-,36-33-,37-34-,38-35-/t73-,74-,75-/m1/s1. The first-order valence-corrected chi connectivity index (χ1v) is 42.2. The summed E-state index contributed by atoms with van der Waals surface area (Å²) in [5.74, 6) is -2.21. The fourth-order valence-electron chi connectivity index (χ4n) is 10.6. The molecule has 0 amide bonds. The number of ether oxygens (including phenoxy) is 4. The van der Waals surface area contributed by atoms with Crippen LogP contribution in [-0.2, 0) is 65.4 Å². The van der Waals surface area contributed by atoms with Crippen LogP contribution in [0.15, 0.2) is 72.9 Å². The second kappa shape index (κ2) is 71.9. The van der Waals surface area contributed by atoms with E-state index in [0.717, 1.165) is 154 Å². The third-order valence-corrected chi connectivity index (χ3v) is 18.6. The highest BCUT2D eigenvalue weighted by atomic mass is 31.2. The van der Waals surface area contributed by atoms with Gasteiger partial charge in [0.05, 0.1) is 26.4 Å². The highest BCUT2D eigenvalue weighted by molar-refractivity contribution is 7.47. The first-order valence-electron chi connectivity index (χ1n) is 39.2. The number of carbonyl (C=O) groups is 4. The van der Waals surface area contributed by atoms with Gasteiger partial charge >= 0.3 is 39.5 Å². The van der Waals surface area contributed by atoms with Crippen LogP contribution in [0.4, 0.5) is 0 Å². The monoisotopic (exact) mass is 1420 g/mol. The molecule has 0 saturated carbocycles. The summed E-state index contributed by atoms with van der Waals surface area (Å²) in [5, 5.41) is 10.6. The van der Waals surface area contributed by atoms with E-state index in [0.29, 0.717) is 25.7 Å². The zero-order chi connectivity index (χ0) is 71.8. The molecule has 0 saturated heterocycles. The fourth-order valence-corrected chi connectivity index (χ4v) is 12.2. The van der Waals surface area contributed by atoms with Crippen LogP contribution in [-0.4, -0.2) is 96.7 Å². The van der Waals surface area contributed by atoms with Crippen LogP contribution in [0.1, 0.15) is 349 Å². The van der Waals surface area contributed by atoms with Crippen molar-refractivity contribution >= 4 is 39.5 Å². The molecule has 0 aromatic heterocycles. The Labute approximate surface area is 596 Å². The number of hydrogen-bond donors (Lipinski definition) is 3. The summed E-state index contributed by atoms with van der Waals surface area (Å²) in [6.07, 6.45) is 71.6. The van der Waals surface area contributed by atoms with Gasteiger partial charge in [-0.3, -0.25) is 37.3 Å². The molecular formula is C79H142O17P2. The van der Waals surface area contributed by atoms with E-state index in [4.69, 9.17) is 37.0 Å². The molecule has 570 valence electrons. The van der Waals surface area contributed by atoms with Crippen molar-refractivity contribution < 1.29 is 80.2 Å². The van der Waals surface area contributed by atoms with Crippen LogP contribution < -0.4 is 0 Å². The highest BCUT2D eigenvalue weighted by Crippen LogP contribution is 2.45. The lowest BCUT2D eigenvalue weighted by atomic mass is 10.1. The normalized spacial score (nSPS) is 14.3. The molecule has 0 fully saturated rings. The minimum atomic E-state index is -4.98. The fraction of sp³-hybridized carbons (Fsp3) is 0.797. The van der Waals surface area contributed by atoms with Crippen molar-refractivity contribution in [3.05, 3.63) is 72.9 Å². The number of allylic oxidation sites excluding steroid dienone is 12. The summed E-state index contributed by atoms with van der Waals surface area (Å²) >= 11 is 0. The second-order valence-corrected chi connectivity index (χ2v) is 29.3. The second-order valence-electron chi connectivity index (χ2n) is 26.3. The van der Waals surface area contributed by atoms with Gasteiger partial charge in [0.2, 0.25) is 0 Å². The molecule has 0 aromatic carbocycles. The summed E-state index contributed by atoms with van der Waals surface area (Å²) in [4.78, 5) is 72.9. The number of hydrogen-bond acceptors (Lipinski definition) is 15. The first-order chi connectivity index (χ1) is 47.7. The maximum absolute atomic E-state index is 13.1. The molecule has 5 atom stereocenters. The number of rotatable bonds is 74. The Morgan fingerprint density at radius 2 is 0.500 bits per heavy atom. The smallest absolute Gasteiger partial charge is 0.462 e. The van der Waals surface area contributed by atoms with Crippen molar-refractivity contribution in [2.75, 3.05) is 39.6 Å². The molecule has 0 aliphatic carbocycles. The van der Waals surface area contributed by atoms with Crippen molar-refractivity contribution in [3.63, 3.8) is 0 Å². The zero-order valence-electron chi connectivity index (χ0n) is 62.2. The Morgan fingerprint density at radius 1 is 0.286 bits per heavy atom. The topological polar surface area (TPSA) is 237 Å². The van der Waals surface area contributed by atoms with Crippen molar-refractivity contribution in [2.45, 2.75) is 367 Å². The zero-order valence-corrected chi connectivity index (χ0v) is 64.0. The average molecular weight is 1430 g/mol. The lowest BCUT2D eigenvalue weighted by molar-refractivity contribution is -0.161. The SMILES string of the molecule is CCCCCC/C=C\C=C/CCCCCCCC(=O)OC[C@H](COP(=O)(O)OC[C@H](O)COP(=O)(O)OC[C@@H](COC(=O)CCCCCCC/C=C\CCCCCC)OC(=O)CCCCCCC/C=C\C=C/CCCCCC)OC(=O)CCCCCCC/C=C\CCCCCCCC. The Balaban J connectivity index is 5.37. The van der Waals surface area contributed by atoms with Crippen LogP contribution in [0.2, 0.25) is 0 Å². The number of phosphoric ester groups is 2. The highest BCUT2D eigenvalue weighted by Gasteiger charge is 2.30. The molecular weight excluding hydrogens is 1280 g/mol. The number of aliphatic hydroxyl groups excluding tert-OH is 1. The molecule has 0 heterocycles. The van der Waals surface area contributed by atoms with Crippen LogP contribution >= 0.6 is 15.6 Å². The maximum Gasteiger partial charge on any atom is 0.472 e. The molecule has 2 unspecified atom stereocenters. The van der Waals surface area contributed by atoms with Crippen molar-refractivity contribution in [1.29, 1.82) is 0 Å². The van der Waals surface area contributed by atoms with E-state index in [9.17, 15) is 43.2 Å². The Bertz CT molecular complexity index is 2140. The third-order valence-electron chi connectivity index (χ3n) is 16.7. The first kappa shape index (κ1) is 94.5. The van der Waals surface area contributed by atoms with Crippen LogP contribution in [0, 0.1) is 0 Å². The largest absolute Gasteiger partial charge is 0.472 e. The van der Waals surface area contributed by atoms with E-state index < -0.39 is 97.5 Å². The summed E-state index contributed by atoms with van der Waals surface area (Å²) in [5.41, 5.74) is 0. The summed E-state index contributed by atoms with van der Waals surface area (Å²) in [7, 11) is -9.95.